The molecule has 1 fully saturated rings. The van der Waals surface area contributed by atoms with Crippen LogP contribution in [0.3, 0.4) is 0 Å². The lowest BCUT2D eigenvalue weighted by atomic mass is 9.63. The fourth-order valence-corrected chi connectivity index (χ4v) is 3.20. The summed E-state index contributed by atoms with van der Waals surface area (Å²) in [5.74, 6) is 2.20. The van der Waals surface area contributed by atoms with Crippen molar-refractivity contribution >= 4 is 5.87 Å². The molecule has 0 atom stereocenters. The molecule has 2 aliphatic rings. The molecule has 0 aromatic heterocycles. The number of hydrogen-bond donors (Lipinski definition) is 3. The van der Waals surface area contributed by atoms with Gasteiger partial charge >= 0.3 is 0 Å². The van der Waals surface area contributed by atoms with Gasteiger partial charge in [-0.25, -0.2) is 0 Å². The van der Waals surface area contributed by atoms with Crippen molar-refractivity contribution in [3.05, 3.63) is 28.2 Å². The lowest BCUT2D eigenvalue weighted by molar-refractivity contribution is 0.293. The zero-order valence-electron chi connectivity index (χ0n) is 11.5. The van der Waals surface area contributed by atoms with Gasteiger partial charge in [0.15, 0.2) is 0 Å². The number of rotatable bonds is 1. The summed E-state index contributed by atoms with van der Waals surface area (Å²) in [7, 11) is 0. The second-order valence-electron chi connectivity index (χ2n) is 5.14. The van der Waals surface area contributed by atoms with E-state index in [1.54, 1.807) is 0 Å². The number of nitrogens with zero attached hydrogens (tertiary/aromatic N) is 3. The van der Waals surface area contributed by atoms with E-state index in [-0.39, 0.29) is 17.1 Å². The summed E-state index contributed by atoms with van der Waals surface area (Å²) in [6.07, 6.45) is 4.15. The summed E-state index contributed by atoms with van der Waals surface area (Å²) in [6.45, 7) is 0. The number of dihydropyridines is 1. The molecular weight excluding hydrogens is 264 g/mol. The van der Waals surface area contributed by atoms with Crippen molar-refractivity contribution in [3.8, 4) is 18.2 Å². The first kappa shape index (κ1) is 14.4. The minimum absolute atomic E-state index is 0.0727. The molecule has 0 bridgehead atoms. The average molecular weight is 278 g/mol. The van der Waals surface area contributed by atoms with Crippen LogP contribution in [0, 0.1) is 44.8 Å². The zero-order chi connectivity index (χ0) is 15.5. The standard InChI is InChI=1S/C15H14N6/c16-6-10(7-17)13-11(8-18)15(4-2-1-3-5-15)12(9-19)14(20)21-13/h16,21H,1-5,20H2. The minimum Gasteiger partial charge on any atom is -0.384 e. The molecule has 0 radical (unpaired) electrons. The Morgan fingerprint density at radius 2 is 1.71 bits per heavy atom. The Balaban J connectivity index is 2.74. The third kappa shape index (κ3) is 2.07. The van der Waals surface area contributed by atoms with E-state index in [0.717, 1.165) is 19.3 Å². The van der Waals surface area contributed by atoms with Crippen molar-refractivity contribution in [1.82, 2.24) is 5.32 Å². The van der Waals surface area contributed by atoms with E-state index in [9.17, 15) is 10.5 Å². The molecule has 6 nitrogen and oxygen atoms in total. The molecule has 0 unspecified atom stereocenters. The molecule has 0 aromatic rings. The van der Waals surface area contributed by atoms with Crippen LogP contribution in [-0.4, -0.2) is 5.87 Å². The molecule has 1 saturated carbocycles. The monoisotopic (exact) mass is 278 g/mol. The molecule has 1 spiro atoms. The predicted molar refractivity (Wildman–Crippen MR) is 75.0 cm³/mol. The van der Waals surface area contributed by atoms with E-state index >= 15 is 0 Å². The van der Waals surface area contributed by atoms with Crippen molar-refractivity contribution in [1.29, 1.82) is 21.2 Å². The van der Waals surface area contributed by atoms with E-state index < -0.39 is 5.41 Å². The highest BCUT2D eigenvalue weighted by atomic mass is 15.0. The lowest BCUT2D eigenvalue weighted by Crippen LogP contribution is -2.40. The molecule has 6 heteroatoms. The van der Waals surface area contributed by atoms with Crippen LogP contribution in [0.4, 0.5) is 0 Å². The van der Waals surface area contributed by atoms with Gasteiger partial charge < -0.3 is 11.1 Å². The van der Waals surface area contributed by atoms with Crippen LogP contribution in [0.2, 0.25) is 0 Å². The molecule has 21 heavy (non-hydrogen) atoms. The maximum atomic E-state index is 9.59. The van der Waals surface area contributed by atoms with E-state index in [4.69, 9.17) is 16.4 Å². The van der Waals surface area contributed by atoms with Crippen LogP contribution in [0.25, 0.3) is 0 Å². The summed E-state index contributed by atoms with van der Waals surface area (Å²) in [6, 6.07) is 6.10. The quantitative estimate of drug-likeness (QED) is 0.496. The summed E-state index contributed by atoms with van der Waals surface area (Å²) in [5, 5.41) is 38.1. The molecule has 1 heterocycles. The highest BCUT2D eigenvalue weighted by Crippen LogP contribution is 2.51. The van der Waals surface area contributed by atoms with E-state index in [2.05, 4.69) is 17.5 Å². The predicted octanol–water partition coefficient (Wildman–Crippen LogP) is 1.71. The smallest absolute Gasteiger partial charge is 0.137 e. The van der Waals surface area contributed by atoms with Crippen LogP contribution in [0.1, 0.15) is 32.1 Å². The zero-order valence-corrected chi connectivity index (χ0v) is 11.5. The lowest BCUT2D eigenvalue weighted by Gasteiger charge is -2.40. The molecule has 0 amide bonds. The van der Waals surface area contributed by atoms with Gasteiger partial charge in [-0.3, -0.25) is 5.41 Å². The molecule has 1 aliphatic carbocycles. The number of nitrogens with one attached hydrogen (secondary N) is 2. The van der Waals surface area contributed by atoms with Crippen molar-refractivity contribution < 1.29 is 0 Å². The summed E-state index contributed by atoms with van der Waals surface area (Å²) >= 11 is 0. The maximum absolute atomic E-state index is 9.59. The Hall–Kier alpha value is -3.00. The highest BCUT2D eigenvalue weighted by molar-refractivity contribution is 5.72. The largest absolute Gasteiger partial charge is 0.384 e. The Labute approximate surface area is 123 Å². The summed E-state index contributed by atoms with van der Waals surface area (Å²) in [5.41, 5.74) is 6.04. The van der Waals surface area contributed by atoms with Gasteiger partial charge in [0.2, 0.25) is 0 Å². The second kappa shape index (κ2) is 5.55. The first-order valence-corrected chi connectivity index (χ1v) is 6.67. The molecule has 104 valence electrons. The minimum atomic E-state index is -0.731. The summed E-state index contributed by atoms with van der Waals surface area (Å²) < 4.78 is 0. The first-order chi connectivity index (χ1) is 10.1. The van der Waals surface area contributed by atoms with E-state index in [1.807, 2.05) is 11.9 Å². The van der Waals surface area contributed by atoms with E-state index in [0.29, 0.717) is 24.0 Å². The summed E-state index contributed by atoms with van der Waals surface area (Å²) in [4.78, 5) is 0. The number of hydrogen-bond acceptors (Lipinski definition) is 6. The van der Waals surface area contributed by atoms with Gasteiger partial charge in [-0.2, -0.15) is 15.8 Å². The number of nitrogens with two attached hydrogens (primary N) is 1. The number of nitriles is 3. The Kier molecular flexibility index (Phi) is 3.81. The Morgan fingerprint density at radius 3 is 2.19 bits per heavy atom. The van der Waals surface area contributed by atoms with Crippen molar-refractivity contribution in [3.63, 3.8) is 0 Å². The van der Waals surface area contributed by atoms with Gasteiger partial charge in [0.25, 0.3) is 0 Å². The van der Waals surface area contributed by atoms with Crippen LogP contribution in [0.15, 0.2) is 28.2 Å². The second-order valence-corrected chi connectivity index (χ2v) is 5.14. The maximum Gasteiger partial charge on any atom is 0.137 e. The van der Waals surface area contributed by atoms with Crippen LogP contribution >= 0.6 is 0 Å². The Morgan fingerprint density at radius 1 is 1.10 bits per heavy atom. The van der Waals surface area contributed by atoms with Crippen LogP contribution in [-0.2, 0) is 0 Å². The molecule has 4 N–H and O–H groups in total. The topological polar surface area (TPSA) is 133 Å². The average Bonchev–Trinajstić information content (AvgIpc) is 2.50. The molecule has 2 rings (SSSR count). The van der Waals surface area contributed by atoms with Crippen molar-refractivity contribution in [2.75, 3.05) is 0 Å². The van der Waals surface area contributed by atoms with Gasteiger partial charge in [0.1, 0.15) is 17.5 Å². The molecule has 0 saturated heterocycles. The van der Waals surface area contributed by atoms with Gasteiger partial charge in [-0.05, 0) is 18.7 Å². The van der Waals surface area contributed by atoms with Gasteiger partial charge in [-0.15, -0.1) is 0 Å². The van der Waals surface area contributed by atoms with Gasteiger partial charge in [-0.1, -0.05) is 19.3 Å². The van der Waals surface area contributed by atoms with Crippen molar-refractivity contribution in [2.24, 2.45) is 11.1 Å². The fourth-order valence-electron chi connectivity index (χ4n) is 3.20. The van der Waals surface area contributed by atoms with Crippen LogP contribution in [0.5, 0.6) is 0 Å². The molecule has 0 aromatic carbocycles. The fraction of sp³-hybridized carbons (Fsp3) is 0.400. The van der Waals surface area contributed by atoms with E-state index in [1.165, 1.54) is 0 Å². The van der Waals surface area contributed by atoms with Gasteiger partial charge in [0, 0.05) is 5.41 Å². The van der Waals surface area contributed by atoms with Crippen LogP contribution < -0.4 is 11.1 Å². The SMILES string of the molecule is N#CC(=C=N)C1=C(C#N)C2(CCCCC2)C(C#N)=C(N)N1. The third-order valence-electron chi connectivity index (χ3n) is 4.15. The normalized spacial score (nSPS) is 19.9. The van der Waals surface area contributed by atoms with Gasteiger partial charge in [0.05, 0.1) is 29.0 Å². The third-order valence-corrected chi connectivity index (χ3v) is 4.15. The molecule has 1 aliphatic heterocycles. The number of allylic oxidation sites excluding steroid dienone is 3. The Bertz CT molecular complexity index is 707. The molecular formula is C15H14N6. The highest BCUT2D eigenvalue weighted by Gasteiger charge is 2.46. The van der Waals surface area contributed by atoms with Crippen molar-refractivity contribution in [2.45, 2.75) is 32.1 Å². The first-order valence-electron chi connectivity index (χ1n) is 6.67.